The fourth-order valence-corrected chi connectivity index (χ4v) is 3.14. The predicted molar refractivity (Wildman–Crippen MR) is 73.6 cm³/mol. The van der Waals surface area contributed by atoms with Crippen molar-refractivity contribution in [2.75, 3.05) is 19.8 Å². The van der Waals surface area contributed by atoms with Crippen LogP contribution in [0, 0.1) is 0 Å². The van der Waals surface area contributed by atoms with E-state index in [0.29, 0.717) is 26.1 Å². The first-order valence-electron chi connectivity index (χ1n) is 6.46. The maximum Gasteiger partial charge on any atom is 0.335 e. The minimum atomic E-state index is -3.78. The fraction of sp³-hybridized carbons (Fsp3) is 0.462. The van der Waals surface area contributed by atoms with Crippen LogP contribution in [0.3, 0.4) is 0 Å². The second kappa shape index (κ2) is 6.10. The summed E-state index contributed by atoms with van der Waals surface area (Å²) in [4.78, 5) is 10.7. The molecule has 0 aromatic heterocycles. The summed E-state index contributed by atoms with van der Waals surface area (Å²) in [6.45, 7) is 0.691. The van der Waals surface area contributed by atoms with Gasteiger partial charge in [-0.05, 0) is 24.3 Å². The Morgan fingerprint density at radius 3 is 2.33 bits per heavy atom. The summed E-state index contributed by atoms with van der Waals surface area (Å²) in [6, 6.07) is 4.89. The van der Waals surface area contributed by atoms with Crippen LogP contribution in [0.4, 0.5) is 0 Å². The second-order valence-electron chi connectivity index (χ2n) is 4.99. The van der Waals surface area contributed by atoms with Gasteiger partial charge in [-0.1, -0.05) is 0 Å². The van der Waals surface area contributed by atoms with Crippen LogP contribution in [0.5, 0.6) is 0 Å². The minimum absolute atomic E-state index is 0.0111. The van der Waals surface area contributed by atoms with Crippen molar-refractivity contribution in [3.05, 3.63) is 29.8 Å². The summed E-state index contributed by atoms with van der Waals surface area (Å²) in [5.41, 5.74) is -1.09. The number of carbonyl (C=O) groups is 1. The zero-order valence-electron chi connectivity index (χ0n) is 11.3. The third-order valence-electron chi connectivity index (χ3n) is 3.43. The molecule has 1 saturated heterocycles. The fourth-order valence-electron chi connectivity index (χ4n) is 2.02. The molecular formula is C13H17NO6S. The van der Waals surface area contributed by atoms with Gasteiger partial charge in [0, 0.05) is 32.6 Å². The van der Waals surface area contributed by atoms with Gasteiger partial charge in [0.2, 0.25) is 10.0 Å². The van der Waals surface area contributed by atoms with E-state index in [1.54, 1.807) is 0 Å². The molecule has 0 spiro atoms. The molecule has 1 aromatic rings. The highest BCUT2D eigenvalue weighted by Gasteiger charge is 2.31. The number of aliphatic hydroxyl groups is 1. The van der Waals surface area contributed by atoms with Crippen molar-refractivity contribution < 1.29 is 28.2 Å². The lowest BCUT2D eigenvalue weighted by Gasteiger charge is -2.31. The Kier molecular flexibility index (Phi) is 4.62. The first kappa shape index (κ1) is 15.9. The predicted octanol–water partition coefficient (Wildman–Crippen LogP) is 0.205. The van der Waals surface area contributed by atoms with Crippen LogP contribution in [0.25, 0.3) is 0 Å². The van der Waals surface area contributed by atoms with Gasteiger partial charge in [0.15, 0.2) is 0 Å². The van der Waals surface area contributed by atoms with E-state index in [-0.39, 0.29) is 17.0 Å². The number of hydrogen-bond acceptors (Lipinski definition) is 5. The quantitative estimate of drug-likeness (QED) is 0.715. The average molecular weight is 315 g/mol. The van der Waals surface area contributed by atoms with E-state index in [1.807, 2.05) is 0 Å². The Morgan fingerprint density at radius 1 is 1.24 bits per heavy atom. The number of ether oxygens (including phenoxy) is 1. The molecule has 3 N–H and O–H groups in total. The molecule has 0 atom stereocenters. The summed E-state index contributed by atoms with van der Waals surface area (Å²) in [5, 5.41) is 19.0. The van der Waals surface area contributed by atoms with Crippen molar-refractivity contribution in [1.29, 1.82) is 0 Å². The number of nitrogens with one attached hydrogen (secondary N) is 1. The minimum Gasteiger partial charge on any atom is -0.478 e. The van der Waals surface area contributed by atoms with Crippen LogP contribution in [0.15, 0.2) is 29.2 Å². The standard InChI is InChI=1S/C13H17NO6S/c15-12(16)10-1-3-11(4-2-10)21(18,19)14-9-13(17)5-7-20-8-6-13/h1-4,14,17H,5-9H2,(H,15,16). The number of aromatic carboxylic acids is 1. The lowest BCUT2D eigenvalue weighted by Crippen LogP contribution is -2.46. The van der Waals surface area contributed by atoms with Gasteiger partial charge in [0.1, 0.15) is 0 Å². The largest absolute Gasteiger partial charge is 0.478 e. The van der Waals surface area contributed by atoms with Crippen LogP contribution >= 0.6 is 0 Å². The van der Waals surface area contributed by atoms with Gasteiger partial charge in [-0.25, -0.2) is 17.9 Å². The van der Waals surface area contributed by atoms with Crippen LogP contribution in [-0.4, -0.2) is 50.0 Å². The Hall–Kier alpha value is -1.48. The molecule has 0 aliphatic carbocycles. The third-order valence-corrected chi connectivity index (χ3v) is 4.84. The first-order chi connectivity index (χ1) is 9.82. The Morgan fingerprint density at radius 2 is 1.81 bits per heavy atom. The zero-order chi connectivity index (χ0) is 15.5. The molecule has 7 nitrogen and oxygen atoms in total. The number of hydrogen-bond donors (Lipinski definition) is 3. The number of rotatable bonds is 5. The number of carboxylic acid groups (broad SMARTS) is 1. The Bertz CT molecular complexity index is 604. The monoisotopic (exact) mass is 315 g/mol. The highest BCUT2D eigenvalue weighted by atomic mass is 32.2. The molecule has 1 aromatic carbocycles. The van der Waals surface area contributed by atoms with Crippen LogP contribution < -0.4 is 4.72 Å². The highest BCUT2D eigenvalue weighted by molar-refractivity contribution is 7.89. The van der Waals surface area contributed by atoms with E-state index in [1.165, 1.54) is 24.3 Å². The molecule has 1 fully saturated rings. The molecule has 1 heterocycles. The van der Waals surface area contributed by atoms with Gasteiger partial charge in [0.05, 0.1) is 16.1 Å². The van der Waals surface area contributed by atoms with Gasteiger partial charge in [-0.3, -0.25) is 0 Å². The topological polar surface area (TPSA) is 113 Å². The summed E-state index contributed by atoms with van der Waals surface area (Å²) < 4.78 is 31.7. The average Bonchev–Trinajstić information content (AvgIpc) is 2.46. The first-order valence-corrected chi connectivity index (χ1v) is 7.94. The smallest absolute Gasteiger partial charge is 0.335 e. The molecule has 1 aliphatic rings. The highest BCUT2D eigenvalue weighted by Crippen LogP contribution is 2.20. The van der Waals surface area contributed by atoms with Gasteiger partial charge in [-0.15, -0.1) is 0 Å². The van der Waals surface area contributed by atoms with Gasteiger partial charge >= 0.3 is 5.97 Å². The number of carboxylic acids is 1. The van der Waals surface area contributed by atoms with Crippen LogP contribution in [0.1, 0.15) is 23.2 Å². The van der Waals surface area contributed by atoms with Crippen molar-refractivity contribution >= 4 is 16.0 Å². The van der Waals surface area contributed by atoms with Crippen LogP contribution in [0.2, 0.25) is 0 Å². The van der Waals surface area contributed by atoms with Crippen molar-refractivity contribution in [1.82, 2.24) is 4.72 Å². The molecule has 0 radical (unpaired) electrons. The molecule has 0 unspecified atom stereocenters. The molecule has 21 heavy (non-hydrogen) atoms. The summed E-state index contributed by atoms with van der Waals surface area (Å²) in [5.74, 6) is -1.12. The van der Waals surface area contributed by atoms with E-state index >= 15 is 0 Å². The molecule has 8 heteroatoms. The molecule has 2 rings (SSSR count). The third kappa shape index (κ3) is 4.01. The van der Waals surface area contributed by atoms with E-state index in [2.05, 4.69) is 4.72 Å². The maximum absolute atomic E-state index is 12.1. The normalized spacial score (nSPS) is 18.3. The van der Waals surface area contributed by atoms with Gasteiger partial charge < -0.3 is 14.9 Å². The van der Waals surface area contributed by atoms with E-state index in [9.17, 15) is 18.3 Å². The lowest BCUT2D eigenvalue weighted by atomic mass is 9.95. The van der Waals surface area contributed by atoms with E-state index in [0.717, 1.165) is 0 Å². The Labute approximate surface area is 122 Å². The maximum atomic E-state index is 12.1. The molecule has 0 amide bonds. The van der Waals surface area contributed by atoms with E-state index in [4.69, 9.17) is 9.84 Å². The lowest BCUT2D eigenvalue weighted by molar-refractivity contribution is -0.0588. The SMILES string of the molecule is O=C(O)c1ccc(S(=O)(=O)NCC2(O)CCOCC2)cc1. The molecule has 116 valence electrons. The summed E-state index contributed by atoms with van der Waals surface area (Å²) in [6.07, 6.45) is 0.737. The van der Waals surface area contributed by atoms with Crippen molar-refractivity contribution in [3.63, 3.8) is 0 Å². The Balaban J connectivity index is 2.05. The van der Waals surface area contributed by atoms with Crippen LogP contribution in [-0.2, 0) is 14.8 Å². The van der Waals surface area contributed by atoms with E-state index < -0.39 is 21.6 Å². The summed E-state index contributed by atoms with van der Waals surface area (Å²) >= 11 is 0. The molecule has 0 bridgehead atoms. The zero-order valence-corrected chi connectivity index (χ0v) is 12.1. The van der Waals surface area contributed by atoms with Gasteiger partial charge in [0.25, 0.3) is 0 Å². The summed E-state index contributed by atoms with van der Waals surface area (Å²) in [7, 11) is -3.78. The number of sulfonamides is 1. The van der Waals surface area contributed by atoms with Crippen molar-refractivity contribution in [3.8, 4) is 0 Å². The van der Waals surface area contributed by atoms with Gasteiger partial charge in [-0.2, -0.15) is 0 Å². The molecule has 1 aliphatic heterocycles. The van der Waals surface area contributed by atoms with Crippen molar-refractivity contribution in [2.45, 2.75) is 23.3 Å². The second-order valence-corrected chi connectivity index (χ2v) is 6.76. The van der Waals surface area contributed by atoms with Crippen molar-refractivity contribution in [2.24, 2.45) is 0 Å². The molecule has 0 saturated carbocycles. The number of benzene rings is 1. The molecular weight excluding hydrogens is 298 g/mol.